The highest BCUT2D eigenvalue weighted by atomic mass is 15.3. The van der Waals surface area contributed by atoms with Gasteiger partial charge in [0.15, 0.2) is 5.65 Å². The zero-order valence-electron chi connectivity index (χ0n) is 17.0. The number of hydrogen-bond donors (Lipinski definition) is 0. The molecule has 0 unspecified atom stereocenters. The molecule has 0 amide bonds. The van der Waals surface area contributed by atoms with E-state index in [-0.39, 0.29) is 0 Å². The zero-order chi connectivity index (χ0) is 19.1. The van der Waals surface area contributed by atoms with Crippen molar-refractivity contribution in [3.63, 3.8) is 0 Å². The molecule has 3 aromatic heterocycles. The molecule has 4 nitrogen and oxygen atoms in total. The summed E-state index contributed by atoms with van der Waals surface area (Å²) in [6, 6.07) is 9.24. The van der Waals surface area contributed by atoms with Crippen molar-refractivity contribution < 1.29 is 0 Å². The highest BCUT2D eigenvalue weighted by molar-refractivity contribution is 5.82. The summed E-state index contributed by atoms with van der Waals surface area (Å²) in [4.78, 5) is 4.97. The van der Waals surface area contributed by atoms with Gasteiger partial charge in [-0.25, -0.2) is 4.98 Å². The zero-order valence-corrected chi connectivity index (χ0v) is 17.0. The number of nitrogens with zero attached hydrogens (tertiary/aromatic N) is 4. The van der Waals surface area contributed by atoms with Crippen LogP contribution in [0.25, 0.3) is 16.7 Å². The Labute approximate surface area is 160 Å². The molecule has 0 N–H and O–H groups in total. The summed E-state index contributed by atoms with van der Waals surface area (Å²) >= 11 is 0. The molecule has 0 fully saturated rings. The Bertz CT molecular complexity index is 1090. The maximum absolute atomic E-state index is 4.97. The van der Waals surface area contributed by atoms with Gasteiger partial charge in [-0.3, -0.25) is 0 Å². The highest BCUT2D eigenvalue weighted by Crippen LogP contribution is 2.29. The van der Waals surface area contributed by atoms with Crippen molar-refractivity contribution in [2.45, 2.75) is 59.9 Å². The molecule has 1 aromatic carbocycles. The third kappa shape index (κ3) is 2.93. The quantitative estimate of drug-likeness (QED) is 0.467. The Kier molecular flexibility index (Phi) is 4.50. The maximum atomic E-state index is 4.97. The lowest BCUT2D eigenvalue weighted by atomic mass is 9.95. The third-order valence-corrected chi connectivity index (χ3v) is 5.79. The molecule has 4 aromatic rings. The largest absolute Gasteiger partial charge is 0.329 e. The minimum absolute atomic E-state index is 0.480. The van der Waals surface area contributed by atoms with Crippen LogP contribution < -0.4 is 0 Å². The summed E-state index contributed by atoms with van der Waals surface area (Å²) in [5.41, 5.74) is 8.61. The highest BCUT2D eigenvalue weighted by Gasteiger charge is 2.18. The third-order valence-electron chi connectivity index (χ3n) is 5.79. The standard InChI is InChI=1S/C23H28N4/c1-6-18(7-2)26-11-9-19-21(25-22-8-10-24-27(22)23(19)26)14-20-16(4)12-15(3)13-17(20)5/h8-13,18H,6-7,14H2,1-5H3. The second kappa shape index (κ2) is 6.84. The molecule has 0 spiro atoms. The van der Waals surface area contributed by atoms with E-state index in [9.17, 15) is 0 Å². The number of benzene rings is 1. The number of aromatic nitrogens is 4. The molecule has 4 heteroatoms. The summed E-state index contributed by atoms with van der Waals surface area (Å²) in [6.45, 7) is 11.1. The van der Waals surface area contributed by atoms with Gasteiger partial charge in [0.1, 0.15) is 5.65 Å². The normalized spacial score (nSPS) is 11.9. The van der Waals surface area contributed by atoms with E-state index in [4.69, 9.17) is 4.98 Å². The van der Waals surface area contributed by atoms with Crippen molar-refractivity contribution in [2.75, 3.05) is 0 Å². The van der Waals surface area contributed by atoms with Crippen LogP contribution in [0.3, 0.4) is 0 Å². The first-order valence-electron chi connectivity index (χ1n) is 9.93. The average Bonchev–Trinajstić information content (AvgIpc) is 3.25. The predicted molar refractivity (Wildman–Crippen MR) is 112 cm³/mol. The van der Waals surface area contributed by atoms with Crippen molar-refractivity contribution in [1.29, 1.82) is 0 Å². The number of fused-ring (bicyclic) bond motifs is 3. The van der Waals surface area contributed by atoms with Crippen molar-refractivity contribution in [1.82, 2.24) is 19.2 Å². The van der Waals surface area contributed by atoms with Crippen molar-refractivity contribution in [3.8, 4) is 0 Å². The Morgan fingerprint density at radius 1 is 1.00 bits per heavy atom. The van der Waals surface area contributed by atoms with E-state index in [1.54, 1.807) is 0 Å². The molecule has 0 aliphatic carbocycles. The molecule has 0 saturated heterocycles. The topological polar surface area (TPSA) is 35.1 Å². The average molecular weight is 361 g/mol. The van der Waals surface area contributed by atoms with Crippen LogP contribution >= 0.6 is 0 Å². The summed E-state index contributed by atoms with van der Waals surface area (Å²) < 4.78 is 4.38. The first-order chi connectivity index (χ1) is 13.0. The fourth-order valence-electron chi connectivity index (χ4n) is 4.40. The van der Waals surface area contributed by atoms with Gasteiger partial charge in [0.2, 0.25) is 0 Å². The van der Waals surface area contributed by atoms with E-state index in [1.165, 1.54) is 27.6 Å². The molecule has 0 aliphatic rings. The lowest BCUT2D eigenvalue weighted by molar-refractivity contribution is 0.481. The molecule has 0 radical (unpaired) electrons. The molecule has 4 rings (SSSR count). The van der Waals surface area contributed by atoms with Gasteiger partial charge in [-0.2, -0.15) is 9.61 Å². The number of rotatable bonds is 5. The SMILES string of the molecule is CCC(CC)n1ccc2c(Cc3c(C)cc(C)cc3C)nc3ccnn3c21. The van der Waals surface area contributed by atoms with Crippen molar-refractivity contribution >= 4 is 16.7 Å². The van der Waals surface area contributed by atoms with E-state index in [0.717, 1.165) is 36.3 Å². The van der Waals surface area contributed by atoms with Gasteiger partial charge in [0.05, 0.1) is 11.9 Å². The number of aryl methyl sites for hydroxylation is 3. The first-order valence-corrected chi connectivity index (χ1v) is 9.93. The molecule has 0 aliphatic heterocycles. The minimum Gasteiger partial charge on any atom is -0.329 e. The molecule has 0 atom stereocenters. The fourth-order valence-corrected chi connectivity index (χ4v) is 4.40. The van der Waals surface area contributed by atoms with Crippen LogP contribution in [0.5, 0.6) is 0 Å². The van der Waals surface area contributed by atoms with Crippen LogP contribution in [0.15, 0.2) is 36.7 Å². The van der Waals surface area contributed by atoms with Crippen LogP contribution in [-0.4, -0.2) is 19.2 Å². The van der Waals surface area contributed by atoms with Crippen LogP contribution in [0, 0.1) is 20.8 Å². The molecule has 3 heterocycles. The van der Waals surface area contributed by atoms with E-state index >= 15 is 0 Å². The molecule has 0 saturated carbocycles. The minimum atomic E-state index is 0.480. The Balaban J connectivity index is 1.93. The van der Waals surface area contributed by atoms with Gasteiger partial charge in [-0.15, -0.1) is 0 Å². The van der Waals surface area contributed by atoms with Gasteiger partial charge in [0.25, 0.3) is 0 Å². The summed E-state index contributed by atoms with van der Waals surface area (Å²) in [5.74, 6) is 0. The van der Waals surface area contributed by atoms with Gasteiger partial charge in [-0.1, -0.05) is 31.5 Å². The molecular formula is C23H28N4. The smallest absolute Gasteiger partial charge is 0.157 e. The number of hydrogen-bond acceptors (Lipinski definition) is 2. The van der Waals surface area contributed by atoms with E-state index in [1.807, 2.05) is 16.8 Å². The van der Waals surface area contributed by atoms with Crippen LogP contribution in [-0.2, 0) is 6.42 Å². The van der Waals surface area contributed by atoms with Gasteiger partial charge in [0, 0.05) is 30.1 Å². The van der Waals surface area contributed by atoms with Gasteiger partial charge in [-0.05, 0) is 56.4 Å². The van der Waals surface area contributed by atoms with Crippen molar-refractivity contribution in [2.24, 2.45) is 0 Å². The van der Waals surface area contributed by atoms with E-state index < -0.39 is 0 Å². The summed E-state index contributed by atoms with van der Waals surface area (Å²) in [7, 11) is 0. The van der Waals surface area contributed by atoms with E-state index in [0.29, 0.717) is 6.04 Å². The van der Waals surface area contributed by atoms with Gasteiger partial charge >= 0.3 is 0 Å². The van der Waals surface area contributed by atoms with Crippen LogP contribution in [0.2, 0.25) is 0 Å². The summed E-state index contributed by atoms with van der Waals surface area (Å²) in [6.07, 6.45) is 7.12. The maximum Gasteiger partial charge on any atom is 0.157 e. The fraction of sp³-hybridized carbons (Fsp3) is 0.391. The first kappa shape index (κ1) is 17.8. The monoisotopic (exact) mass is 360 g/mol. The lowest BCUT2D eigenvalue weighted by Crippen LogP contribution is -2.10. The molecule has 0 bridgehead atoms. The predicted octanol–water partition coefficient (Wildman–Crippen LogP) is 5.56. The van der Waals surface area contributed by atoms with Crippen LogP contribution in [0.4, 0.5) is 0 Å². The Morgan fingerprint density at radius 2 is 1.70 bits per heavy atom. The summed E-state index contributed by atoms with van der Waals surface area (Å²) in [5, 5.41) is 5.76. The van der Waals surface area contributed by atoms with Gasteiger partial charge < -0.3 is 4.57 Å². The van der Waals surface area contributed by atoms with Crippen LogP contribution in [0.1, 0.15) is 60.7 Å². The molecule has 140 valence electrons. The second-order valence-electron chi connectivity index (χ2n) is 7.64. The molecular weight excluding hydrogens is 332 g/mol. The Hall–Kier alpha value is -2.62. The Morgan fingerprint density at radius 3 is 2.37 bits per heavy atom. The van der Waals surface area contributed by atoms with E-state index in [2.05, 4.69) is 68.7 Å². The second-order valence-corrected chi connectivity index (χ2v) is 7.64. The van der Waals surface area contributed by atoms with Crippen molar-refractivity contribution in [3.05, 3.63) is 64.6 Å². The molecule has 27 heavy (non-hydrogen) atoms. The lowest BCUT2D eigenvalue weighted by Gasteiger charge is -2.17.